The standard InChI is InChI=1S/C28H26N2O4.C26H23N3O6/c31-19-21-18-23(30(32)33)17-20-13-16-28(34-26(20)21)27(14-7-2-8-15-27)24-11-5-6-12-25(24)29(28)22-9-3-1-4-10-22;1-25(2)22-5-3-4-6-23(22)27(15-17-7-9-20(10-8-17)28(31)32)26(25)12-11-18-13-21(29(33)34)14-19(16-30)24(18)35-26/h1,3-6,9-13,16-18,31H,2,7-8,14-15,19H2;3-14,30H,15-16H2,1-2H3. The number of aliphatic hydroxyl groups excluding tert-OH is 2. The van der Waals surface area contributed by atoms with Gasteiger partial charge in [-0.05, 0) is 91.9 Å². The van der Waals surface area contributed by atoms with Gasteiger partial charge in [-0.1, -0.05) is 86.0 Å². The van der Waals surface area contributed by atoms with Crippen molar-refractivity contribution >= 4 is 46.3 Å². The van der Waals surface area contributed by atoms with Crippen LogP contribution in [0.15, 0.2) is 140 Å². The molecule has 2 unspecified atom stereocenters. The van der Waals surface area contributed by atoms with Crippen molar-refractivity contribution < 1.29 is 34.5 Å². The molecule has 0 radical (unpaired) electrons. The summed E-state index contributed by atoms with van der Waals surface area (Å²) in [4.78, 5) is 37.0. The monoisotopic (exact) mass is 927 g/mol. The van der Waals surface area contributed by atoms with Crippen LogP contribution in [0.2, 0.25) is 0 Å². The Hall–Kier alpha value is -7.88. The van der Waals surface area contributed by atoms with Crippen LogP contribution in [0.4, 0.5) is 34.1 Å². The lowest BCUT2D eigenvalue weighted by atomic mass is 9.64. The number of rotatable bonds is 8. The number of hydrogen-bond donors (Lipinski definition) is 2. The van der Waals surface area contributed by atoms with Gasteiger partial charge < -0.3 is 24.6 Å². The molecule has 5 aliphatic rings. The highest BCUT2D eigenvalue weighted by atomic mass is 16.6. The Bertz CT molecular complexity index is 3090. The summed E-state index contributed by atoms with van der Waals surface area (Å²) in [7, 11) is 0. The number of aliphatic hydroxyl groups is 2. The smallest absolute Gasteiger partial charge is 0.270 e. The van der Waals surface area contributed by atoms with Gasteiger partial charge in [0.15, 0.2) is 0 Å². The molecule has 69 heavy (non-hydrogen) atoms. The van der Waals surface area contributed by atoms with Gasteiger partial charge >= 0.3 is 0 Å². The third kappa shape index (κ3) is 7.02. The third-order valence-electron chi connectivity index (χ3n) is 14.7. The SMILES string of the molecule is CC1(C)c2ccccc2N(Cc2ccc([N+](=O)[O-])cc2)C12C=Cc1cc([N+](=O)[O-])cc(CO)c1O2.O=[N+]([O-])c1cc2c(c(CO)c1)OC1(C=C2)N(c2ccccc2)c2ccccc2C12CCCCC2. The first-order chi connectivity index (χ1) is 33.3. The van der Waals surface area contributed by atoms with E-state index < -0.39 is 38.2 Å². The second-order valence-electron chi connectivity index (χ2n) is 18.6. The Morgan fingerprint density at radius 2 is 1.09 bits per heavy atom. The zero-order valence-electron chi connectivity index (χ0n) is 38.0. The summed E-state index contributed by atoms with van der Waals surface area (Å²) in [5.74, 6) is 0.921. The minimum atomic E-state index is -1.01. The maximum atomic E-state index is 11.5. The molecule has 15 heteroatoms. The summed E-state index contributed by atoms with van der Waals surface area (Å²) < 4.78 is 13.8. The number of nitrogens with zero attached hydrogens (tertiary/aromatic N) is 5. The zero-order chi connectivity index (χ0) is 48.3. The molecule has 0 aromatic heterocycles. The number of non-ortho nitro benzene ring substituents is 3. The Morgan fingerprint density at radius 3 is 1.65 bits per heavy atom. The van der Waals surface area contributed by atoms with Gasteiger partial charge in [0.25, 0.3) is 17.1 Å². The molecule has 1 saturated carbocycles. The molecule has 2 N–H and O–H groups in total. The second kappa shape index (κ2) is 17.0. The van der Waals surface area contributed by atoms with E-state index in [2.05, 4.69) is 66.1 Å². The van der Waals surface area contributed by atoms with E-state index in [1.54, 1.807) is 12.1 Å². The summed E-state index contributed by atoms with van der Waals surface area (Å²) in [6.45, 7) is 3.80. The van der Waals surface area contributed by atoms with Crippen molar-refractivity contribution in [1.82, 2.24) is 0 Å². The number of anilines is 3. The van der Waals surface area contributed by atoms with Gasteiger partial charge in [0, 0.05) is 82.3 Å². The highest BCUT2D eigenvalue weighted by Gasteiger charge is 2.64. The topological polar surface area (TPSA) is 195 Å². The van der Waals surface area contributed by atoms with Crippen LogP contribution in [-0.4, -0.2) is 36.4 Å². The van der Waals surface area contributed by atoms with E-state index in [0.29, 0.717) is 40.3 Å². The van der Waals surface area contributed by atoms with Crippen molar-refractivity contribution in [1.29, 1.82) is 0 Å². The van der Waals surface area contributed by atoms with Crippen LogP contribution in [0.25, 0.3) is 12.2 Å². The Balaban J connectivity index is 0.000000160. The van der Waals surface area contributed by atoms with E-state index in [-0.39, 0.29) is 29.1 Å². The van der Waals surface area contributed by atoms with Crippen LogP contribution in [0, 0.1) is 30.3 Å². The van der Waals surface area contributed by atoms with Crippen LogP contribution < -0.4 is 19.3 Å². The number of hydrogen-bond acceptors (Lipinski definition) is 12. The molecule has 6 aromatic rings. The van der Waals surface area contributed by atoms with Gasteiger partial charge in [-0.3, -0.25) is 35.2 Å². The summed E-state index contributed by atoms with van der Waals surface area (Å²) in [5.41, 5.74) is 5.39. The van der Waals surface area contributed by atoms with Crippen molar-refractivity contribution in [2.75, 3.05) is 9.80 Å². The zero-order valence-corrected chi connectivity index (χ0v) is 38.0. The van der Waals surface area contributed by atoms with E-state index in [9.17, 15) is 40.6 Å². The molecule has 15 nitrogen and oxygen atoms in total. The van der Waals surface area contributed by atoms with Crippen molar-refractivity contribution in [2.24, 2.45) is 0 Å². The number of ether oxygens (including phenoxy) is 2. The van der Waals surface area contributed by atoms with Crippen LogP contribution in [0.1, 0.15) is 84.9 Å². The van der Waals surface area contributed by atoms with Crippen LogP contribution in [0.5, 0.6) is 11.5 Å². The molecular weight excluding hydrogens is 879 g/mol. The van der Waals surface area contributed by atoms with Crippen LogP contribution in [-0.2, 0) is 30.6 Å². The number of fused-ring (bicyclic) bond motifs is 6. The van der Waals surface area contributed by atoms with Crippen molar-refractivity contribution in [3.63, 3.8) is 0 Å². The maximum absolute atomic E-state index is 11.5. The van der Waals surface area contributed by atoms with Crippen molar-refractivity contribution in [2.45, 2.75) is 88.0 Å². The Kier molecular flexibility index (Phi) is 11.1. The summed E-state index contributed by atoms with van der Waals surface area (Å²) >= 11 is 0. The molecule has 4 aliphatic heterocycles. The molecule has 6 aromatic carbocycles. The largest absolute Gasteiger partial charge is 0.462 e. The van der Waals surface area contributed by atoms with Crippen molar-refractivity contribution in [3.8, 4) is 11.5 Å². The molecule has 0 saturated heterocycles. The van der Waals surface area contributed by atoms with Gasteiger partial charge in [-0.15, -0.1) is 0 Å². The minimum Gasteiger partial charge on any atom is -0.462 e. The number of nitro groups is 3. The van der Waals surface area contributed by atoms with E-state index >= 15 is 0 Å². The highest BCUT2D eigenvalue weighted by molar-refractivity contribution is 5.81. The molecule has 3 spiro atoms. The summed E-state index contributed by atoms with van der Waals surface area (Å²) in [6, 6.07) is 38.9. The maximum Gasteiger partial charge on any atom is 0.270 e. The second-order valence-corrected chi connectivity index (χ2v) is 18.6. The summed E-state index contributed by atoms with van der Waals surface area (Å²) in [5, 5.41) is 54.1. The van der Waals surface area contributed by atoms with Gasteiger partial charge in [0.1, 0.15) is 11.5 Å². The number of nitro benzene ring substituents is 3. The predicted octanol–water partition coefficient (Wildman–Crippen LogP) is 11.3. The van der Waals surface area contributed by atoms with E-state index in [1.165, 1.54) is 48.4 Å². The molecule has 1 fully saturated rings. The minimum absolute atomic E-state index is 0.0162. The molecular formula is C54H49N5O10. The first-order valence-electron chi connectivity index (χ1n) is 22.9. The summed E-state index contributed by atoms with van der Waals surface area (Å²) in [6.07, 6.45) is 13.1. The average Bonchev–Trinajstić information content (AvgIpc) is 3.68. The first-order valence-corrected chi connectivity index (χ1v) is 22.9. The molecule has 350 valence electrons. The van der Waals surface area contributed by atoms with Crippen molar-refractivity contribution in [3.05, 3.63) is 209 Å². The lowest BCUT2D eigenvalue weighted by Crippen LogP contribution is -2.60. The average molecular weight is 928 g/mol. The quantitative estimate of drug-likeness (QED) is 0.108. The number of benzene rings is 6. The van der Waals surface area contributed by atoms with E-state index in [1.807, 2.05) is 60.7 Å². The lowest BCUT2D eigenvalue weighted by molar-refractivity contribution is -0.385. The molecule has 2 atom stereocenters. The molecule has 4 heterocycles. The molecule has 0 amide bonds. The Labute approximate surface area is 397 Å². The third-order valence-corrected chi connectivity index (χ3v) is 14.7. The van der Waals surface area contributed by atoms with Gasteiger partial charge in [0.05, 0.1) is 38.8 Å². The van der Waals surface area contributed by atoms with Crippen LogP contribution >= 0.6 is 0 Å². The van der Waals surface area contributed by atoms with E-state index in [0.717, 1.165) is 53.9 Å². The highest BCUT2D eigenvalue weighted by Crippen LogP contribution is 2.63. The fourth-order valence-electron chi connectivity index (χ4n) is 11.4. The van der Waals surface area contributed by atoms with Gasteiger partial charge in [0.2, 0.25) is 11.4 Å². The van der Waals surface area contributed by atoms with Crippen LogP contribution in [0.3, 0.4) is 0 Å². The predicted molar refractivity (Wildman–Crippen MR) is 261 cm³/mol. The normalized spacial score (nSPS) is 20.5. The Morgan fingerprint density at radius 1 is 0.580 bits per heavy atom. The lowest BCUT2D eigenvalue weighted by Gasteiger charge is -2.51. The number of para-hydroxylation sites is 3. The van der Waals surface area contributed by atoms with E-state index in [4.69, 9.17) is 9.47 Å². The molecule has 0 bridgehead atoms. The fourth-order valence-corrected chi connectivity index (χ4v) is 11.4. The first kappa shape index (κ1) is 44.9. The molecule has 11 rings (SSSR count). The van der Waals surface area contributed by atoms with Gasteiger partial charge in [-0.25, -0.2) is 0 Å². The molecule has 1 aliphatic carbocycles. The fraction of sp³-hybridized carbons (Fsp3) is 0.259. The van der Waals surface area contributed by atoms with Gasteiger partial charge in [-0.2, -0.15) is 0 Å².